The first-order valence-electron chi connectivity index (χ1n) is 7.90. The highest BCUT2D eigenvalue weighted by atomic mass is 32.2. The molecule has 0 bridgehead atoms. The molecule has 126 valence electrons. The van der Waals surface area contributed by atoms with Crippen molar-refractivity contribution < 1.29 is 17.6 Å². The molecule has 1 spiro atoms. The topological polar surface area (TPSA) is 66.5 Å². The van der Waals surface area contributed by atoms with Crippen LogP contribution in [0.1, 0.15) is 26.2 Å². The monoisotopic (exact) mass is 340 g/mol. The van der Waals surface area contributed by atoms with Gasteiger partial charge in [0.05, 0.1) is 5.75 Å². The van der Waals surface area contributed by atoms with Crippen molar-refractivity contribution in [2.24, 2.45) is 11.3 Å². The molecule has 1 aliphatic heterocycles. The van der Waals surface area contributed by atoms with E-state index in [0.717, 1.165) is 6.42 Å². The van der Waals surface area contributed by atoms with Crippen LogP contribution in [0.3, 0.4) is 0 Å². The average Bonchev–Trinajstić information content (AvgIpc) is 2.98. The van der Waals surface area contributed by atoms with Crippen molar-refractivity contribution in [2.45, 2.75) is 26.2 Å². The van der Waals surface area contributed by atoms with Crippen molar-refractivity contribution >= 4 is 21.6 Å². The third-order valence-corrected chi connectivity index (χ3v) is 6.83. The summed E-state index contributed by atoms with van der Waals surface area (Å²) in [6, 6.07) is 5.78. The van der Waals surface area contributed by atoms with Gasteiger partial charge < -0.3 is 5.32 Å². The molecule has 1 N–H and O–H groups in total. The predicted octanol–water partition coefficient (Wildman–Crippen LogP) is 2.22. The number of benzene rings is 1. The Balaban J connectivity index is 1.62. The van der Waals surface area contributed by atoms with Crippen LogP contribution in [0.25, 0.3) is 0 Å². The minimum Gasteiger partial charge on any atom is -0.326 e. The molecule has 1 aliphatic carbocycles. The molecular formula is C16H21FN2O3S. The fourth-order valence-electron chi connectivity index (χ4n) is 3.45. The Hall–Kier alpha value is -1.47. The van der Waals surface area contributed by atoms with Crippen LogP contribution < -0.4 is 5.32 Å². The van der Waals surface area contributed by atoms with Crippen LogP contribution in [0, 0.1) is 17.2 Å². The molecule has 0 aromatic heterocycles. The van der Waals surface area contributed by atoms with Crippen LogP contribution in [0.4, 0.5) is 10.1 Å². The Morgan fingerprint density at radius 1 is 1.48 bits per heavy atom. The van der Waals surface area contributed by atoms with Gasteiger partial charge >= 0.3 is 0 Å². The van der Waals surface area contributed by atoms with E-state index in [-0.39, 0.29) is 23.0 Å². The van der Waals surface area contributed by atoms with Crippen molar-refractivity contribution in [3.8, 4) is 0 Å². The molecule has 1 saturated heterocycles. The highest BCUT2D eigenvalue weighted by Crippen LogP contribution is 2.59. The molecule has 1 amide bonds. The standard InChI is InChI=1S/C16H21FN2O3S/c1-2-8-23(21,22)19-7-6-16(11-19)10-14(16)15(20)18-13-5-3-4-12(17)9-13/h3-5,9,14H,2,6-8,10-11H2,1H3,(H,18,20)/t14-,16+/m0/s1. The van der Waals surface area contributed by atoms with Gasteiger partial charge in [0.25, 0.3) is 0 Å². The summed E-state index contributed by atoms with van der Waals surface area (Å²) in [5.41, 5.74) is 0.212. The van der Waals surface area contributed by atoms with Crippen molar-refractivity contribution in [3.05, 3.63) is 30.1 Å². The number of anilines is 1. The van der Waals surface area contributed by atoms with E-state index < -0.39 is 15.8 Å². The van der Waals surface area contributed by atoms with Gasteiger partial charge in [-0.1, -0.05) is 13.0 Å². The number of hydrogen-bond acceptors (Lipinski definition) is 3. The van der Waals surface area contributed by atoms with E-state index in [1.165, 1.54) is 16.4 Å². The van der Waals surface area contributed by atoms with Crippen LogP contribution in [0.5, 0.6) is 0 Å². The van der Waals surface area contributed by atoms with E-state index in [1.54, 1.807) is 12.1 Å². The lowest BCUT2D eigenvalue weighted by atomic mass is 10.0. The minimum absolute atomic E-state index is 0.148. The molecule has 1 heterocycles. The number of amides is 1. The van der Waals surface area contributed by atoms with E-state index >= 15 is 0 Å². The number of halogens is 1. The molecule has 23 heavy (non-hydrogen) atoms. The van der Waals surface area contributed by atoms with Crippen LogP contribution >= 0.6 is 0 Å². The molecule has 3 rings (SSSR count). The van der Waals surface area contributed by atoms with Gasteiger partial charge in [0.1, 0.15) is 5.82 Å². The maximum absolute atomic E-state index is 13.2. The minimum atomic E-state index is -3.20. The second kappa shape index (κ2) is 5.87. The summed E-state index contributed by atoms with van der Waals surface area (Å²) in [5.74, 6) is -0.576. The fourth-order valence-corrected chi connectivity index (χ4v) is 5.04. The lowest BCUT2D eigenvalue weighted by Gasteiger charge is -2.16. The molecule has 0 radical (unpaired) electrons. The molecule has 5 nitrogen and oxygen atoms in total. The zero-order chi connectivity index (χ0) is 16.7. The first-order chi connectivity index (χ1) is 10.9. The predicted molar refractivity (Wildman–Crippen MR) is 85.8 cm³/mol. The zero-order valence-corrected chi connectivity index (χ0v) is 13.9. The van der Waals surface area contributed by atoms with E-state index in [9.17, 15) is 17.6 Å². The first-order valence-corrected chi connectivity index (χ1v) is 9.51. The molecular weight excluding hydrogens is 319 g/mol. The summed E-state index contributed by atoms with van der Waals surface area (Å²) < 4.78 is 39.0. The van der Waals surface area contributed by atoms with Crippen LogP contribution in [0.15, 0.2) is 24.3 Å². The summed E-state index contributed by atoms with van der Waals surface area (Å²) in [5, 5.41) is 2.73. The Morgan fingerprint density at radius 2 is 2.26 bits per heavy atom. The molecule has 2 aliphatic rings. The van der Waals surface area contributed by atoms with Gasteiger partial charge in [-0.2, -0.15) is 0 Å². The molecule has 7 heteroatoms. The number of carbonyl (C=O) groups is 1. The second-order valence-corrected chi connectivity index (χ2v) is 8.61. The number of carbonyl (C=O) groups excluding carboxylic acids is 1. The second-order valence-electron chi connectivity index (χ2n) is 6.52. The molecule has 0 unspecified atom stereocenters. The lowest BCUT2D eigenvalue weighted by Crippen LogP contribution is -2.31. The summed E-state index contributed by atoms with van der Waals surface area (Å²) in [4.78, 5) is 12.3. The number of nitrogens with one attached hydrogen (secondary N) is 1. The summed E-state index contributed by atoms with van der Waals surface area (Å²) >= 11 is 0. The molecule has 1 aromatic rings. The number of hydrogen-bond donors (Lipinski definition) is 1. The Morgan fingerprint density at radius 3 is 2.96 bits per heavy atom. The normalized spacial score (nSPS) is 27.3. The van der Waals surface area contributed by atoms with Gasteiger partial charge in [0.2, 0.25) is 15.9 Å². The summed E-state index contributed by atoms with van der Waals surface area (Å²) in [7, 11) is -3.20. The first kappa shape index (κ1) is 16.4. The fraction of sp³-hybridized carbons (Fsp3) is 0.562. The van der Waals surface area contributed by atoms with Crippen LogP contribution in [-0.4, -0.2) is 37.5 Å². The Kier molecular flexibility index (Phi) is 4.18. The summed E-state index contributed by atoms with van der Waals surface area (Å²) in [6.45, 7) is 2.76. The van der Waals surface area contributed by atoms with Crippen LogP contribution in [0.2, 0.25) is 0 Å². The average molecular weight is 340 g/mol. The van der Waals surface area contributed by atoms with Crippen molar-refractivity contribution in [2.75, 3.05) is 24.2 Å². The maximum atomic E-state index is 13.2. The highest BCUT2D eigenvalue weighted by Gasteiger charge is 2.61. The molecule has 1 aromatic carbocycles. The zero-order valence-electron chi connectivity index (χ0n) is 13.1. The highest BCUT2D eigenvalue weighted by molar-refractivity contribution is 7.89. The SMILES string of the molecule is CCCS(=O)(=O)N1CC[C@@]2(C[C@H]2C(=O)Nc2cccc(F)c2)C1. The lowest BCUT2D eigenvalue weighted by molar-refractivity contribution is -0.118. The van der Waals surface area contributed by atoms with Gasteiger partial charge in [0, 0.05) is 24.7 Å². The van der Waals surface area contributed by atoms with E-state index in [2.05, 4.69) is 5.32 Å². The number of rotatable bonds is 5. The third-order valence-electron chi connectivity index (χ3n) is 4.80. The smallest absolute Gasteiger partial charge is 0.228 e. The molecule has 1 saturated carbocycles. The molecule has 2 atom stereocenters. The van der Waals surface area contributed by atoms with Crippen molar-refractivity contribution in [3.63, 3.8) is 0 Å². The van der Waals surface area contributed by atoms with Crippen molar-refractivity contribution in [1.82, 2.24) is 4.31 Å². The van der Waals surface area contributed by atoms with Crippen molar-refractivity contribution in [1.29, 1.82) is 0 Å². The number of sulfonamides is 1. The number of nitrogens with zero attached hydrogens (tertiary/aromatic N) is 1. The Bertz CT molecular complexity index is 722. The van der Waals surface area contributed by atoms with Gasteiger partial charge in [-0.3, -0.25) is 4.79 Å². The Labute approximate surface area is 135 Å². The van der Waals surface area contributed by atoms with Gasteiger partial charge in [-0.05, 0) is 42.9 Å². The quantitative estimate of drug-likeness (QED) is 0.894. The van der Waals surface area contributed by atoms with E-state index in [1.807, 2.05) is 6.92 Å². The third kappa shape index (κ3) is 3.26. The largest absolute Gasteiger partial charge is 0.326 e. The van der Waals surface area contributed by atoms with Gasteiger partial charge in [0.15, 0.2) is 0 Å². The van der Waals surface area contributed by atoms with Gasteiger partial charge in [-0.25, -0.2) is 17.1 Å². The van der Waals surface area contributed by atoms with E-state index in [0.29, 0.717) is 31.6 Å². The van der Waals surface area contributed by atoms with E-state index in [4.69, 9.17) is 0 Å². The van der Waals surface area contributed by atoms with Crippen LogP contribution in [-0.2, 0) is 14.8 Å². The van der Waals surface area contributed by atoms with Gasteiger partial charge in [-0.15, -0.1) is 0 Å². The maximum Gasteiger partial charge on any atom is 0.228 e. The molecule has 2 fully saturated rings. The summed E-state index contributed by atoms with van der Waals surface area (Å²) in [6.07, 6.45) is 2.01.